The summed E-state index contributed by atoms with van der Waals surface area (Å²) in [6.07, 6.45) is 2.35. The summed E-state index contributed by atoms with van der Waals surface area (Å²) in [5.74, 6) is 0. The van der Waals surface area contributed by atoms with Gasteiger partial charge in [-0.05, 0) is 44.7 Å². The highest BCUT2D eigenvalue weighted by Crippen LogP contribution is 2.24. The van der Waals surface area contributed by atoms with Crippen LogP contribution in [0.5, 0.6) is 0 Å². The van der Waals surface area contributed by atoms with Gasteiger partial charge in [-0.1, -0.05) is 17.7 Å². The third-order valence-corrected chi connectivity index (χ3v) is 4.91. The van der Waals surface area contributed by atoms with E-state index < -0.39 is 11.0 Å². The summed E-state index contributed by atoms with van der Waals surface area (Å²) in [5, 5.41) is 0. The van der Waals surface area contributed by atoms with E-state index in [1.165, 1.54) is 18.4 Å². The molecule has 0 aromatic heterocycles. The van der Waals surface area contributed by atoms with Crippen LogP contribution in [0, 0.1) is 20.8 Å². The van der Waals surface area contributed by atoms with Crippen molar-refractivity contribution in [3.63, 3.8) is 0 Å². The molecular weight excluding hydrogens is 218 g/mol. The fourth-order valence-electron chi connectivity index (χ4n) is 2.43. The molecule has 0 bridgehead atoms. The largest absolute Gasteiger partial charge is 0.237 e. The normalized spacial score (nSPS) is 18.9. The lowest BCUT2D eigenvalue weighted by Crippen LogP contribution is -2.23. The molecule has 1 saturated heterocycles. The Morgan fingerprint density at radius 3 is 2.06 bits per heavy atom. The van der Waals surface area contributed by atoms with E-state index >= 15 is 0 Å². The van der Waals surface area contributed by atoms with Gasteiger partial charge in [-0.15, -0.1) is 0 Å². The first-order chi connectivity index (χ1) is 7.59. The standard InChI is InChI=1S/C13H19NOS/c1-10-8-11(2)13(12(3)9-10)16(15)14-6-4-5-7-14/h8-9H,4-7H2,1-3H3. The molecule has 1 aliphatic heterocycles. The number of nitrogens with zero attached hydrogens (tertiary/aromatic N) is 1. The van der Waals surface area contributed by atoms with Gasteiger partial charge < -0.3 is 0 Å². The predicted molar refractivity (Wildman–Crippen MR) is 67.9 cm³/mol. The minimum atomic E-state index is -0.957. The van der Waals surface area contributed by atoms with Crippen LogP contribution in [0.25, 0.3) is 0 Å². The minimum absolute atomic E-state index is 0.957. The number of hydrogen-bond donors (Lipinski definition) is 0. The molecular formula is C13H19NOS. The molecule has 2 rings (SSSR count). The lowest BCUT2D eigenvalue weighted by atomic mass is 10.1. The van der Waals surface area contributed by atoms with Gasteiger partial charge in [0.05, 0.1) is 4.90 Å². The third kappa shape index (κ3) is 2.20. The topological polar surface area (TPSA) is 20.3 Å². The Morgan fingerprint density at radius 2 is 1.56 bits per heavy atom. The quantitative estimate of drug-likeness (QED) is 0.774. The maximum Gasteiger partial charge on any atom is 0.128 e. The van der Waals surface area contributed by atoms with Gasteiger partial charge in [0.15, 0.2) is 0 Å². The third-order valence-electron chi connectivity index (χ3n) is 3.08. The van der Waals surface area contributed by atoms with Gasteiger partial charge in [0.25, 0.3) is 0 Å². The molecule has 0 radical (unpaired) electrons. The molecule has 1 unspecified atom stereocenters. The summed E-state index contributed by atoms with van der Waals surface area (Å²) in [5.41, 5.74) is 3.56. The van der Waals surface area contributed by atoms with E-state index in [2.05, 4.69) is 37.2 Å². The number of rotatable bonds is 2. The van der Waals surface area contributed by atoms with Crippen molar-refractivity contribution < 1.29 is 4.21 Å². The van der Waals surface area contributed by atoms with Crippen LogP contribution in [-0.2, 0) is 11.0 Å². The molecule has 1 atom stereocenters. The SMILES string of the molecule is Cc1cc(C)c(S(=O)N2CCCC2)c(C)c1. The molecule has 1 heterocycles. The lowest BCUT2D eigenvalue weighted by Gasteiger charge is -2.17. The van der Waals surface area contributed by atoms with E-state index in [0.29, 0.717) is 0 Å². The zero-order valence-corrected chi connectivity index (χ0v) is 11.1. The Morgan fingerprint density at radius 1 is 1.06 bits per heavy atom. The Balaban J connectivity index is 2.35. The second kappa shape index (κ2) is 4.68. The van der Waals surface area contributed by atoms with Crippen LogP contribution in [0.2, 0.25) is 0 Å². The van der Waals surface area contributed by atoms with Gasteiger partial charge in [0, 0.05) is 13.1 Å². The lowest BCUT2D eigenvalue weighted by molar-refractivity contribution is 0.535. The van der Waals surface area contributed by atoms with Gasteiger partial charge in [-0.2, -0.15) is 0 Å². The molecule has 3 heteroatoms. The molecule has 88 valence electrons. The summed E-state index contributed by atoms with van der Waals surface area (Å²) >= 11 is 0. The second-order valence-corrected chi connectivity index (χ2v) is 6.04. The molecule has 1 fully saturated rings. The van der Waals surface area contributed by atoms with E-state index in [-0.39, 0.29) is 0 Å². The van der Waals surface area contributed by atoms with Crippen molar-refractivity contribution in [1.29, 1.82) is 0 Å². The van der Waals surface area contributed by atoms with E-state index in [1.54, 1.807) is 0 Å². The number of aryl methyl sites for hydroxylation is 3. The molecule has 0 spiro atoms. The molecule has 1 aliphatic rings. The highest BCUT2D eigenvalue weighted by molar-refractivity contribution is 7.82. The van der Waals surface area contributed by atoms with Crippen LogP contribution in [0.15, 0.2) is 17.0 Å². The zero-order valence-electron chi connectivity index (χ0n) is 10.2. The molecule has 0 saturated carbocycles. The van der Waals surface area contributed by atoms with Gasteiger partial charge in [0.1, 0.15) is 11.0 Å². The van der Waals surface area contributed by atoms with Crippen molar-refractivity contribution in [2.45, 2.75) is 38.5 Å². The highest BCUT2D eigenvalue weighted by Gasteiger charge is 2.21. The maximum atomic E-state index is 12.4. The molecule has 2 nitrogen and oxygen atoms in total. The molecule has 1 aromatic rings. The average Bonchev–Trinajstić information content (AvgIpc) is 2.67. The van der Waals surface area contributed by atoms with E-state index in [4.69, 9.17) is 0 Å². The van der Waals surface area contributed by atoms with E-state index in [0.717, 1.165) is 29.1 Å². The summed E-state index contributed by atoms with van der Waals surface area (Å²) in [4.78, 5) is 1.02. The summed E-state index contributed by atoms with van der Waals surface area (Å²) in [6, 6.07) is 4.24. The average molecular weight is 237 g/mol. The Labute approximate surface area is 100 Å². The van der Waals surface area contributed by atoms with Crippen molar-refractivity contribution in [3.8, 4) is 0 Å². The van der Waals surface area contributed by atoms with Gasteiger partial charge in [-0.25, -0.2) is 8.51 Å². The molecule has 0 N–H and O–H groups in total. The molecule has 0 amide bonds. The first-order valence-electron chi connectivity index (χ1n) is 5.84. The predicted octanol–water partition coefficient (Wildman–Crippen LogP) is 2.73. The van der Waals surface area contributed by atoms with Gasteiger partial charge >= 0.3 is 0 Å². The van der Waals surface area contributed by atoms with Gasteiger partial charge in [0.2, 0.25) is 0 Å². The van der Waals surface area contributed by atoms with Crippen LogP contribution in [0.4, 0.5) is 0 Å². The van der Waals surface area contributed by atoms with Crippen LogP contribution in [0.1, 0.15) is 29.5 Å². The fourth-order valence-corrected chi connectivity index (χ4v) is 3.94. The van der Waals surface area contributed by atoms with E-state index in [1.807, 2.05) is 0 Å². The minimum Gasteiger partial charge on any atom is -0.237 e. The van der Waals surface area contributed by atoms with Crippen molar-refractivity contribution in [1.82, 2.24) is 4.31 Å². The molecule has 1 aromatic carbocycles. The van der Waals surface area contributed by atoms with Crippen molar-refractivity contribution in [2.24, 2.45) is 0 Å². The van der Waals surface area contributed by atoms with Gasteiger partial charge in [-0.3, -0.25) is 0 Å². The summed E-state index contributed by atoms with van der Waals surface area (Å²) in [7, 11) is -0.957. The summed E-state index contributed by atoms with van der Waals surface area (Å²) in [6.45, 7) is 8.15. The second-order valence-electron chi connectivity index (χ2n) is 4.61. The molecule has 16 heavy (non-hydrogen) atoms. The Bertz CT molecular complexity index is 399. The van der Waals surface area contributed by atoms with Crippen LogP contribution >= 0.6 is 0 Å². The summed E-state index contributed by atoms with van der Waals surface area (Å²) < 4.78 is 14.5. The van der Waals surface area contributed by atoms with Crippen molar-refractivity contribution in [3.05, 3.63) is 28.8 Å². The molecule has 0 aliphatic carbocycles. The maximum absolute atomic E-state index is 12.4. The van der Waals surface area contributed by atoms with E-state index in [9.17, 15) is 4.21 Å². The van der Waals surface area contributed by atoms with Crippen LogP contribution < -0.4 is 0 Å². The Kier molecular flexibility index (Phi) is 3.45. The zero-order chi connectivity index (χ0) is 11.7. The van der Waals surface area contributed by atoms with Crippen LogP contribution in [0.3, 0.4) is 0 Å². The van der Waals surface area contributed by atoms with Crippen LogP contribution in [-0.4, -0.2) is 21.6 Å². The van der Waals surface area contributed by atoms with Crippen molar-refractivity contribution >= 4 is 11.0 Å². The number of benzene rings is 1. The fraction of sp³-hybridized carbons (Fsp3) is 0.538. The monoisotopic (exact) mass is 237 g/mol. The smallest absolute Gasteiger partial charge is 0.128 e. The first kappa shape index (κ1) is 11.8. The first-order valence-corrected chi connectivity index (χ1v) is 6.95. The Hall–Kier alpha value is -0.670. The number of hydrogen-bond acceptors (Lipinski definition) is 1. The van der Waals surface area contributed by atoms with Crippen molar-refractivity contribution in [2.75, 3.05) is 13.1 Å². The highest BCUT2D eigenvalue weighted by atomic mass is 32.2.